The van der Waals surface area contributed by atoms with Crippen molar-refractivity contribution in [3.63, 3.8) is 0 Å². The number of halogens is 3. The van der Waals surface area contributed by atoms with Gasteiger partial charge in [0.1, 0.15) is 5.03 Å². The van der Waals surface area contributed by atoms with Gasteiger partial charge < -0.3 is 0 Å². The zero-order chi connectivity index (χ0) is 6.57. The maximum absolute atomic E-state index is 9.65. The van der Waals surface area contributed by atoms with E-state index in [1.54, 1.807) is 0 Å². The van der Waals surface area contributed by atoms with Gasteiger partial charge in [-0.25, -0.2) is 0 Å². The Balaban J connectivity index is 4.03. The Labute approximate surface area is 62.2 Å². The Morgan fingerprint density at radius 2 is 2.00 bits per heavy atom. The van der Waals surface area contributed by atoms with E-state index in [-0.39, 0.29) is 15.9 Å². The topological polar surface area (TPSA) is 17.1 Å². The number of hydrogen-bond donors (Lipinski definition) is 0. The lowest BCUT2D eigenvalue weighted by molar-refractivity contribution is 0.563. The molecule has 0 aliphatic carbocycles. The summed E-state index contributed by atoms with van der Waals surface area (Å²) in [5.74, 6) is 0.0512. The van der Waals surface area contributed by atoms with Gasteiger partial charge in [0.25, 0.3) is 0 Å². The molecule has 4 heteroatoms. The molecule has 0 aliphatic rings. The van der Waals surface area contributed by atoms with Crippen LogP contribution >= 0.6 is 34.8 Å². The highest BCUT2D eigenvalue weighted by Gasteiger charge is 1.97. The molecule has 0 spiro atoms. The minimum atomic E-state index is -0.151. The van der Waals surface area contributed by atoms with Crippen LogP contribution in [0.2, 0.25) is 0 Å². The standard InChI is InChI=1S/C4H2Cl3O/c5-1-3(6)4(7)2-8/h1H2/b4-3+. The van der Waals surface area contributed by atoms with Crippen molar-refractivity contribution in [2.45, 2.75) is 0 Å². The SMILES string of the molecule is O=[C]/C(Cl)=C(\Cl)CCl. The summed E-state index contributed by atoms with van der Waals surface area (Å²) in [4.78, 5) is 9.65. The molecule has 0 aromatic carbocycles. The van der Waals surface area contributed by atoms with Gasteiger partial charge in [0, 0.05) is 0 Å². The van der Waals surface area contributed by atoms with Crippen LogP contribution in [0.4, 0.5) is 0 Å². The van der Waals surface area contributed by atoms with Crippen molar-refractivity contribution in [3.8, 4) is 0 Å². The summed E-state index contributed by atoms with van der Waals surface area (Å²) in [5, 5.41) is -0.0231. The highest BCUT2D eigenvalue weighted by molar-refractivity contribution is 6.47. The Hall–Kier alpha value is 0.280. The molecule has 0 aromatic heterocycles. The van der Waals surface area contributed by atoms with Gasteiger partial charge in [-0.1, -0.05) is 23.2 Å². The predicted molar refractivity (Wildman–Crippen MR) is 35.1 cm³/mol. The maximum atomic E-state index is 9.65. The molecule has 45 valence electrons. The second kappa shape index (κ2) is 4.19. The van der Waals surface area contributed by atoms with Gasteiger partial charge >= 0.3 is 0 Å². The molecule has 8 heavy (non-hydrogen) atoms. The molecule has 0 aromatic rings. The summed E-state index contributed by atoms with van der Waals surface area (Å²) in [5.41, 5.74) is 0. The summed E-state index contributed by atoms with van der Waals surface area (Å²) in [6.07, 6.45) is 1.39. The van der Waals surface area contributed by atoms with Crippen LogP contribution in [-0.2, 0) is 4.79 Å². The van der Waals surface area contributed by atoms with E-state index in [0.717, 1.165) is 0 Å². The second-order valence-electron chi connectivity index (χ2n) is 0.955. The lowest BCUT2D eigenvalue weighted by atomic mass is 10.5. The van der Waals surface area contributed by atoms with Gasteiger partial charge in [-0.3, -0.25) is 4.79 Å². The summed E-state index contributed by atoms with van der Waals surface area (Å²) in [7, 11) is 0. The van der Waals surface area contributed by atoms with E-state index in [1.807, 2.05) is 0 Å². The molecule has 0 heterocycles. The van der Waals surface area contributed by atoms with Gasteiger partial charge in [0.2, 0.25) is 6.29 Å². The smallest absolute Gasteiger partial charge is 0.247 e. The van der Waals surface area contributed by atoms with Crippen LogP contribution < -0.4 is 0 Å². The quantitative estimate of drug-likeness (QED) is 0.460. The fraction of sp³-hybridized carbons (Fsp3) is 0.250. The summed E-state index contributed by atoms with van der Waals surface area (Å²) >= 11 is 15.6. The van der Waals surface area contributed by atoms with Crippen LogP contribution in [-0.4, -0.2) is 12.2 Å². The van der Waals surface area contributed by atoms with E-state index in [2.05, 4.69) is 0 Å². The molecule has 0 amide bonds. The minimum absolute atomic E-state index is 0.0512. The second-order valence-corrected chi connectivity index (χ2v) is 2.06. The third kappa shape index (κ3) is 2.55. The first-order valence-electron chi connectivity index (χ1n) is 1.70. The van der Waals surface area contributed by atoms with Crippen LogP contribution in [0.3, 0.4) is 0 Å². The van der Waals surface area contributed by atoms with Crippen LogP contribution in [0.5, 0.6) is 0 Å². The Morgan fingerprint density at radius 3 is 2.12 bits per heavy atom. The van der Waals surface area contributed by atoms with Crippen molar-refractivity contribution in [2.24, 2.45) is 0 Å². The van der Waals surface area contributed by atoms with Crippen molar-refractivity contribution >= 4 is 41.1 Å². The van der Waals surface area contributed by atoms with Crippen LogP contribution in [0.1, 0.15) is 0 Å². The van der Waals surface area contributed by atoms with Gasteiger partial charge in [0.15, 0.2) is 0 Å². The van der Waals surface area contributed by atoms with E-state index in [9.17, 15) is 4.79 Å². The number of rotatable bonds is 2. The number of hydrogen-bond acceptors (Lipinski definition) is 1. The first-order chi connectivity index (χ1) is 3.72. The van der Waals surface area contributed by atoms with Gasteiger partial charge in [-0.15, -0.1) is 11.6 Å². The van der Waals surface area contributed by atoms with Crippen molar-refractivity contribution in [1.82, 2.24) is 0 Å². The first kappa shape index (κ1) is 8.28. The molecule has 0 fully saturated rings. The molecule has 0 aliphatic heterocycles. The monoisotopic (exact) mass is 171 g/mol. The van der Waals surface area contributed by atoms with E-state index < -0.39 is 0 Å². The Morgan fingerprint density at radius 1 is 1.50 bits per heavy atom. The van der Waals surface area contributed by atoms with Crippen molar-refractivity contribution < 1.29 is 4.79 Å². The molecule has 0 bridgehead atoms. The summed E-state index contributed by atoms with van der Waals surface area (Å²) < 4.78 is 0. The highest BCUT2D eigenvalue weighted by Crippen LogP contribution is 2.11. The van der Waals surface area contributed by atoms with E-state index in [0.29, 0.717) is 0 Å². The van der Waals surface area contributed by atoms with E-state index in [4.69, 9.17) is 34.8 Å². The highest BCUT2D eigenvalue weighted by atomic mass is 35.5. The van der Waals surface area contributed by atoms with Crippen molar-refractivity contribution in [3.05, 3.63) is 10.1 Å². The molecule has 0 unspecified atom stereocenters. The predicted octanol–water partition coefficient (Wildman–Crippen LogP) is 2.02. The summed E-state index contributed by atoms with van der Waals surface area (Å²) in [6, 6.07) is 0. The fourth-order valence-corrected chi connectivity index (χ4v) is 0.421. The average Bonchev–Trinajstić information content (AvgIpc) is 1.84. The van der Waals surface area contributed by atoms with Gasteiger partial charge in [-0.2, -0.15) is 0 Å². The zero-order valence-electron chi connectivity index (χ0n) is 3.75. The van der Waals surface area contributed by atoms with Crippen LogP contribution in [0.15, 0.2) is 10.1 Å². The molecular weight excluding hydrogens is 170 g/mol. The number of allylic oxidation sites excluding steroid dienone is 2. The van der Waals surface area contributed by atoms with Crippen molar-refractivity contribution in [1.29, 1.82) is 0 Å². The molecule has 0 atom stereocenters. The fourth-order valence-electron chi connectivity index (χ4n) is 0.114. The van der Waals surface area contributed by atoms with E-state index in [1.165, 1.54) is 6.29 Å². The third-order valence-electron chi connectivity index (χ3n) is 0.445. The Kier molecular flexibility index (Phi) is 4.33. The maximum Gasteiger partial charge on any atom is 0.247 e. The normalized spacial score (nSPS) is 12.9. The lowest BCUT2D eigenvalue weighted by Crippen LogP contribution is -1.79. The molecule has 0 N–H and O–H groups in total. The molecule has 0 rings (SSSR count). The lowest BCUT2D eigenvalue weighted by Gasteiger charge is -1.85. The molecular formula is C4H2Cl3O. The third-order valence-corrected chi connectivity index (χ3v) is 1.57. The Bertz CT molecular complexity index is 118. The van der Waals surface area contributed by atoms with Crippen LogP contribution in [0, 0.1) is 0 Å². The minimum Gasteiger partial charge on any atom is -0.284 e. The molecule has 1 nitrogen and oxygen atoms in total. The summed E-state index contributed by atoms with van der Waals surface area (Å²) in [6.45, 7) is 0. The first-order valence-corrected chi connectivity index (χ1v) is 2.99. The average molecular weight is 172 g/mol. The molecule has 0 saturated heterocycles. The molecule has 0 saturated carbocycles. The largest absolute Gasteiger partial charge is 0.284 e. The zero-order valence-corrected chi connectivity index (χ0v) is 6.02. The molecule has 1 radical (unpaired) electrons. The van der Waals surface area contributed by atoms with Crippen LogP contribution in [0.25, 0.3) is 0 Å². The van der Waals surface area contributed by atoms with E-state index >= 15 is 0 Å². The number of alkyl halides is 1. The van der Waals surface area contributed by atoms with Gasteiger partial charge in [-0.05, 0) is 0 Å². The number of carbonyl (C=O) groups excluding carboxylic acids is 1. The van der Waals surface area contributed by atoms with Gasteiger partial charge in [0.05, 0.1) is 10.9 Å². The van der Waals surface area contributed by atoms with Crippen molar-refractivity contribution in [2.75, 3.05) is 5.88 Å².